The number of hydrogen-bond acceptors (Lipinski definition) is 3. The molecule has 0 saturated carbocycles. The molecule has 0 spiro atoms. The predicted molar refractivity (Wildman–Crippen MR) is 236 cm³/mol. The van der Waals surface area contributed by atoms with Gasteiger partial charge in [0.15, 0.2) is 0 Å². The van der Waals surface area contributed by atoms with E-state index in [1.807, 2.05) is 6.07 Å². The molecule has 4 nitrogen and oxygen atoms in total. The second-order valence-electron chi connectivity index (χ2n) is 14.9. The van der Waals surface area contributed by atoms with Crippen LogP contribution in [0.4, 0.5) is 17.1 Å². The normalized spacial score (nSPS) is 14.1. The number of anilines is 3. The first-order valence-corrected chi connectivity index (χ1v) is 19.6. The Bertz CT molecular complexity index is 3120. The summed E-state index contributed by atoms with van der Waals surface area (Å²) >= 11 is 0. The van der Waals surface area contributed by atoms with Gasteiger partial charge in [0, 0.05) is 55.4 Å². The predicted octanol–water partition coefficient (Wildman–Crippen LogP) is 14.7. The first-order valence-electron chi connectivity index (χ1n) is 19.6. The fourth-order valence-electron chi connectivity index (χ4n) is 8.76. The molecular weight excluding hydrogens is 697 g/mol. The molecule has 0 fully saturated rings. The molecule has 2 aromatic heterocycles. The smallest absolute Gasteiger partial charge is 0.135 e. The number of aromatic nitrogens is 1. The molecule has 1 aliphatic rings. The number of rotatable bonds is 6. The monoisotopic (exact) mass is 734 g/mol. The summed E-state index contributed by atoms with van der Waals surface area (Å²) < 4.78 is 15.7. The first kappa shape index (κ1) is 33.1. The van der Waals surface area contributed by atoms with Gasteiger partial charge in [-0.1, -0.05) is 116 Å². The molecule has 1 atom stereocenters. The highest BCUT2D eigenvalue weighted by molar-refractivity contribution is 6.12. The number of hydrogen-bond donors (Lipinski definition) is 0. The summed E-state index contributed by atoms with van der Waals surface area (Å²) in [7, 11) is 0. The third kappa shape index (κ3) is 5.60. The van der Waals surface area contributed by atoms with Gasteiger partial charge in [-0.15, -0.1) is 0 Å². The van der Waals surface area contributed by atoms with Gasteiger partial charge in [-0.25, -0.2) is 0 Å². The van der Waals surface area contributed by atoms with E-state index in [0.717, 1.165) is 68.2 Å². The Kier molecular flexibility index (Phi) is 7.82. The lowest BCUT2D eigenvalue weighted by molar-refractivity contribution is 0.511. The molecule has 0 radical (unpaired) electrons. The minimum atomic E-state index is 0.223. The van der Waals surface area contributed by atoms with Gasteiger partial charge in [0.2, 0.25) is 0 Å². The van der Waals surface area contributed by atoms with Crippen LogP contribution in [0, 0.1) is 0 Å². The zero-order chi connectivity index (χ0) is 37.9. The van der Waals surface area contributed by atoms with Crippen LogP contribution >= 0.6 is 0 Å². The molecule has 0 bridgehead atoms. The quantitative estimate of drug-likeness (QED) is 0.170. The number of ether oxygens (including phenoxy) is 1. The molecule has 0 aliphatic carbocycles. The van der Waals surface area contributed by atoms with Crippen molar-refractivity contribution in [1.29, 1.82) is 0 Å². The summed E-state index contributed by atoms with van der Waals surface area (Å²) in [5, 5.41) is 4.60. The van der Waals surface area contributed by atoms with Crippen LogP contribution in [0.25, 0.3) is 66.3 Å². The Balaban J connectivity index is 1.10. The van der Waals surface area contributed by atoms with Crippen LogP contribution in [0.15, 0.2) is 199 Å². The van der Waals surface area contributed by atoms with E-state index in [2.05, 4.69) is 204 Å². The largest absolute Gasteiger partial charge is 0.457 e. The third-order valence-corrected chi connectivity index (χ3v) is 11.5. The Morgan fingerprint density at radius 2 is 1.11 bits per heavy atom. The molecule has 1 unspecified atom stereocenters. The van der Waals surface area contributed by atoms with E-state index in [0.29, 0.717) is 0 Å². The van der Waals surface area contributed by atoms with Crippen LogP contribution in [-0.4, -0.2) is 4.57 Å². The van der Waals surface area contributed by atoms with Crippen molar-refractivity contribution in [3.8, 4) is 22.6 Å². The fourth-order valence-corrected chi connectivity index (χ4v) is 8.76. The Morgan fingerprint density at radius 1 is 0.509 bits per heavy atom. The molecular formula is C53H38N2O2. The second kappa shape index (κ2) is 13.5. The van der Waals surface area contributed by atoms with Crippen molar-refractivity contribution in [3.63, 3.8) is 0 Å². The summed E-state index contributed by atoms with van der Waals surface area (Å²) in [5.74, 6) is 1.99. The van der Waals surface area contributed by atoms with Crippen molar-refractivity contribution in [2.24, 2.45) is 0 Å². The molecule has 4 heteroatoms. The van der Waals surface area contributed by atoms with Gasteiger partial charge in [-0.3, -0.25) is 0 Å². The molecule has 3 heterocycles. The number of nitrogens with zero attached hydrogens (tertiary/aromatic N) is 2. The topological polar surface area (TPSA) is 30.5 Å². The molecule has 57 heavy (non-hydrogen) atoms. The molecule has 11 rings (SSSR count). The average molecular weight is 735 g/mol. The molecule has 0 amide bonds. The maximum absolute atomic E-state index is 6.72. The molecule has 0 N–H and O–H groups in total. The summed E-state index contributed by atoms with van der Waals surface area (Å²) in [6, 6.07) is 66.8. The lowest BCUT2D eigenvalue weighted by atomic mass is 9.92. The van der Waals surface area contributed by atoms with Crippen molar-refractivity contribution < 1.29 is 9.15 Å². The van der Waals surface area contributed by atoms with Crippen molar-refractivity contribution >= 4 is 66.6 Å². The zero-order valence-corrected chi connectivity index (χ0v) is 31.5. The summed E-state index contributed by atoms with van der Waals surface area (Å²) in [6.07, 6.45) is 3.09. The van der Waals surface area contributed by atoms with E-state index in [1.165, 1.54) is 38.5 Å². The van der Waals surface area contributed by atoms with E-state index in [1.54, 1.807) is 0 Å². The first-order chi connectivity index (χ1) is 28.2. The second-order valence-corrected chi connectivity index (χ2v) is 14.9. The molecule has 8 aromatic carbocycles. The number of para-hydroxylation sites is 2. The Hall–Kier alpha value is -7.30. The number of benzene rings is 8. The average Bonchev–Trinajstić information content (AvgIpc) is 3.75. The van der Waals surface area contributed by atoms with Gasteiger partial charge in [0.05, 0.1) is 11.0 Å². The highest BCUT2D eigenvalue weighted by Crippen LogP contribution is 2.47. The maximum atomic E-state index is 6.72. The summed E-state index contributed by atoms with van der Waals surface area (Å²) in [6.45, 7) is 2.29. The van der Waals surface area contributed by atoms with Gasteiger partial charge in [-0.2, -0.15) is 0 Å². The lowest BCUT2D eigenvalue weighted by Gasteiger charge is -2.26. The van der Waals surface area contributed by atoms with E-state index in [4.69, 9.17) is 9.15 Å². The van der Waals surface area contributed by atoms with Crippen molar-refractivity contribution in [2.75, 3.05) is 4.90 Å². The zero-order valence-electron chi connectivity index (χ0n) is 31.5. The van der Waals surface area contributed by atoms with E-state index in [-0.39, 0.29) is 5.92 Å². The van der Waals surface area contributed by atoms with E-state index >= 15 is 0 Å². The van der Waals surface area contributed by atoms with Crippen LogP contribution in [0.2, 0.25) is 0 Å². The van der Waals surface area contributed by atoms with Gasteiger partial charge >= 0.3 is 0 Å². The van der Waals surface area contributed by atoms with E-state index < -0.39 is 0 Å². The fraction of sp³-hybridized carbons (Fsp3) is 0.0566. The maximum Gasteiger partial charge on any atom is 0.135 e. The minimum Gasteiger partial charge on any atom is -0.457 e. The van der Waals surface area contributed by atoms with Crippen molar-refractivity contribution in [2.45, 2.75) is 19.3 Å². The number of furan rings is 1. The summed E-state index contributed by atoms with van der Waals surface area (Å²) in [4.78, 5) is 2.37. The Morgan fingerprint density at radius 3 is 1.88 bits per heavy atom. The van der Waals surface area contributed by atoms with Gasteiger partial charge in [0.25, 0.3) is 0 Å². The highest BCUT2D eigenvalue weighted by atomic mass is 16.5. The molecule has 272 valence electrons. The van der Waals surface area contributed by atoms with Crippen LogP contribution < -0.4 is 9.64 Å². The van der Waals surface area contributed by atoms with E-state index in [9.17, 15) is 0 Å². The standard InChI is InChI=1S/C53H38N2O2/c1-35-21-29-48(38-15-7-3-8-16-38)56-50-31-32-51-53(52(35)50)45-34-42(27-30-49(45)57-51)54(40-24-22-37(23-25-40)36-13-5-2-6-14-36)41-26-28-47-44(33-41)43-19-11-12-20-46(43)55(47)39-17-9-4-10-18-39/h2-20,22-35H,21H2,1H3. The van der Waals surface area contributed by atoms with Crippen LogP contribution in [0.3, 0.4) is 0 Å². The van der Waals surface area contributed by atoms with Crippen molar-refractivity contribution in [1.82, 2.24) is 4.57 Å². The number of allylic oxidation sites excluding steroid dienone is 1. The summed E-state index contributed by atoms with van der Waals surface area (Å²) in [5.41, 5.74) is 13.0. The van der Waals surface area contributed by atoms with Crippen LogP contribution in [-0.2, 0) is 0 Å². The Labute approximate surface area is 331 Å². The lowest BCUT2D eigenvalue weighted by Crippen LogP contribution is -2.10. The number of fused-ring (bicyclic) bond motifs is 8. The molecule has 10 aromatic rings. The van der Waals surface area contributed by atoms with Gasteiger partial charge in [-0.05, 0) is 108 Å². The highest BCUT2D eigenvalue weighted by Gasteiger charge is 2.25. The van der Waals surface area contributed by atoms with Gasteiger partial charge < -0.3 is 18.6 Å². The third-order valence-electron chi connectivity index (χ3n) is 11.5. The van der Waals surface area contributed by atoms with Crippen LogP contribution in [0.1, 0.15) is 30.4 Å². The van der Waals surface area contributed by atoms with Gasteiger partial charge in [0.1, 0.15) is 22.7 Å². The minimum absolute atomic E-state index is 0.223. The SMILES string of the molecule is CC1CC=C(c2ccccc2)Oc2ccc3oc4ccc(N(c5ccc(-c6ccccc6)cc5)c5ccc6c(c5)c5ccccc5n6-c5ccccc5)cc4c3c21. The molecule has 0 saturated heterocycles. The van der Waals surface area contributed by atoms with Crippen molar-refractivity contribution in [3.05, 3.63) is 205 Å². The van der Waals surface area contributed by atoms with Crippen LogP contribution in [0.5, 0.6) is 5.75 Å². The molecule has 1 aliphatic heterocycles.